The molecular formula is C12H16O4S. The number of thioether (sulfide) groups is 1. The van der Waals surface area contributed by atoms with E-state index in [1.807, 2.05) is 6.92 Å². The molecule has 1 unspecified atom stereocenters. The number of hydrogen-bond acceptors (Lipinski definition) is 5. The summed E-state index contributed by atoms with van der Waals surface area (Å²) in [5.74, 6) is 0.502. The molecule has 94 valence electrons. The lowest BCUT2D eigenvalue weighted by molar-refractivity contribution is -0.112. The molecule has 1 heterocycles. The Morgan fingerprint density at radius 3 is 2.71 bits per heavy atom. The molecule has 0 spiro atoms. The second-order valence-corrected chi connectivity index (χ2v) is 5.37. The van der Waals surface area contributed by atoms with E-state index in [2.05, 4.69) is 0 Å². The van der Waals surface area contributed by atoms with Gasteiger partial charge in [0.2, 0.25) is 5.12 Å². The van der Waals surface area contributed by atoms with E-state index in [1.165, 1.54) is 20.1 Å². The fourth-order valence-corrected chi connectivity index (χ4v) is 2.61. The molecule has 1 rings (SSSR count). The van der Waals surface area contributed by atoms with E-state index in [0.717, 1.165) is 11.8 Å². The van der Waals surface area contributed by atoms with Gasteiger partial charge in [0.15, 0.2) is 12.6 Å². The summed E-state index contributed by atoms with van der Waals surface area (Å²) in [4.78, 5) is 22.6. The van der Waals surface area contributed by atoms with Gasteiger partial charge in [0, 0.05) is 12.7 Å². The smallest absolute Gasteiger partial charge is 0.219 e. The topological polar surface area (TPSA) is 52.6 Å². The minimum absolute atomic E-state index is 0.0354. The van der Waals surface area contributed by atoms with Crippen LogP contribution in [0.5, 0.6) is 0 Å². The predicted octanol–water partition coefficient (Wildman–Crippen LogP) is 2.06. The minimum Gasteiger partial charge on any atom is -0.470 e. The molecule has 1 aliphatic heterocycles. The Kier molecular flexibility index (Phi) is 4.54. The van der Waals surface area contributed by atoms with Gasteiger partial charge in [-0.15, -0.1) is 0 Å². The summed E-state index contributed by atoms with van der Waals surface area (Å²) in [5.41, 5.74) is 0.572. The van der Waals surface area contributed by atoms with Gasteiger partial charge >= 0.3 is 0 Å². The summed E-state index contributed by atoms with van der Waals surface area (Å²) in [6.07, 6.45) is 3.15. The molecule has 0 amide bonds. The molecule has 4 nitrogen and oxygen atoms in total. The Balaban J connectivity index is 2.99. The second kappa shape index (κ2) is 5.51. The van der Waals surface area contributed by atoms with Crippen molar-refractivity contribution < 1.29 is 19.1 Å². The molecule has 0 N–H and O–H groups in total. The van der Waals surface area contributed by atoms with E-state index in [-0.39, 0.29) is 17.7 Å². The van der Waals surface area contributed by atoms with Crippen LogP contribution in [0, 0.1) is 0 Å². The molecule has 0 aromatic carbocycles. The van der Waals surface area contributed by atoms with Crippen molar-refractivity contribution in [3.8, 4) is 0 Å². The van der Waals surface area contributed by atoms with Gasteiger partial charge in [-0.3, -0.25) is 9.59 Å². The van der Waals surface area contributed by atoms with Crippen molar-refractivity contribution in [2.75, 3.05) is 13.9 Å². The summed E-state index contributed by atoms with van der Waals surface area (Å²) in [5, 5.41) is -0.0354. The van der Waals surface area contributed by atoms with Crippen LogP contribution in [0.3, 0.4) is 0 Å². The second-order valence-electron chi connectivity index (χ2n) is 3.95. The van der Waals surface area contributed by atoms with Crippen molar-refractivity contribution in [3.63, 3.8) is 0 Å². The van der Waals surface area contributed by atoms with Crippen molar-refractivity contribution in [1.29, 1.82) is 0 Å². The van der Waals surface area contributed by atoms with Crippen molar-refractivity contribution >= 4 is 22.7 Å². The third kappa shape index (κ3) is 3.20. The summed E-state index contributed by atoms with van der Waals surface area (Å²) < 4.78 is 9.65. The number of methoxy groups -OCH3 is 1. The summed E-state index contributed by atoms with van der Waals surface area (Å²) in [6.45, 7) is 5.11. The fourth-order valence-electron chi connectivity index (χ4n) is 1.54. The number of ether oxygens (including phenoxy) is 2. The molecule has 5 heteroatoms. The first-order valence-electron chi connectivity index (χ1n) is 5.17. The van der Waals surface area contributed by atoms with Gasteiger partial charge < -0.3 is 9.47 Å². The number of hydrogen-bond donors (Lipinski definition) is 0. The van der Waals surface area contributed by atoms with Crippen molar-refractivity contribution in [2.24, 2.45) is 0 Å². The monoisotopic (exact) mass is 256 g/mol. The van der Waals surface area contributed by atoms with Crippen LogP contribution in [-0.4, -0.2) is 29.5 Å². The molecule has 0 saturated carbocycles. The van der Waals surface area contributed by atoms with Crippen LogP contribution < -0.4 is 0 Å². The largest absolute Gasteiger partial charge is 0.470 e. The Bertz CT molecular complexity index is 397. The minimum atomic E-state index is -0.620. The SMILES string of the molecule is COCOC1=C(C)C(=O)SC1(C)/C=C/C(C)=O. The van der Waals surface area contributed by atoms with E-state index in [1.54, 1.807) is 13.0 Å². The zero-order chi connectivity index (χ0) is 13.1. The zero-order valence-corrected chi connectivity index (χ0v) is 11.2. The lowest BCUT2D eigenvalue weighted by Gasteiger charge is -2.22. The molecule has 0 saturated heterocycles. The van der Waals surface area contributed by atoms with Crippen LogP contribution in [0.2, 0.25) is 0 Å². The summed E-state index contributed by atoms with van der Waals surface area (Å²) >= 11 is 1.14. The molecule has 0 radical (unpaired) electrons. The van der Waals surface area contributed by atoms with Crippen molar-refractivity contribution in [1.82, 2.24) is 0 Å². The molecular weight excluding hydrogens is 240 g/mol. The quantitative estimate of drug-likeness (QED) is 0.556. The molecule has 0 bridgehead atoms. The molecule has 17 heavy (non-hydrogen) atoms. The van der Waals surface area contributed by atoms with E-state index in [9.17, 15) is 9.59 Å². The van der Waals surface area contributed by atoms with Crippen molar-refractivity contribution in [2.45, 2.75) is 25.5 Å². The van der Waals surface area contributed by atoms with E-state index < -0.39 is 4.75 Å². The van der Waals surface area contributed by atoms with Gasteiger partial charge in [0.05, 0.1) is 4.75 Å². The van der Waals surface area contributed by atoms with Gasteiger partial charge in [0.1, 0.15) is 5.76 Å². The maximum atomic E-state index is 11.7. The lowest BCUT2D eigenvalue weighted by Crippen LogP contribution is -2.20. The van der Waals surface area contributed by atoms with Crippen LogP contribution in [0.1, 0.15) is 20.8 Å². The highest BCUT2D eigenvalue weighted by atomic mass is 32.2. The number of ketones is 1. The van der Waals surface area contributed by atoms with Crippen LogP contribution in [0.15, 0.2) is 23.5 Å². The number of carbonyl (C=O) groups excluding carboxylic acids is 2. The number of rotatable bonds is 5. The van der Waals surface area contributed by atoms with Crippen LogP contribution in [0.4, 0.5) is 0 Å². The maximum Gasteiger partial charge on any atom is 0.219 e. The molecule has 0 aromatic rings. The lowest BCUT2D eigenvalue weighted by atomic mass is 10.0. The van der Waals surface area contributed by atoms with Crippen LogP contribution >= 0.6 is 11.8 Å². The van der Waals surface area contributed by atoms with Gasteiger partial charge in [-0.2, -0.15) is 0 Å². The van der Waals surface area contributed by atoms with Crippen LogP contribution in [0.25, 0.3) is 0 Å². The highest BCUT2D eigenvalue weighted by Gasteiger charge is 2.41. The normalized spacial score (nSPS) is 24.8. The molecule has 0 fully saturated rings. The van der Waals surface area contributed by atoms with Gasteiger partial charge in [0.25, 0.3) is 0 Å². The molecule has 0 aromatic heterocycles. The third-order valence-electron chi connectivity index (χ3n) is 2.36. The first kappa shape index (κ1) is 14.0. The van der Waals surface area contributed by atoms with Gasteiger partial charge in [-0.1, -0.05) is 17.8 Å². The zero-order valence-electron chi connectivity index (χ0n) is 10.4. The molecule has 1 atom stereocenters. The van der Waals surface area contributed by atoms with Crippen LogP contribution in [-0.2, 0) is 19.1 Å². The highest BCUT2D eigenvalue weighted by molar-refractivity contribution is 8.16. The maximum absolute atomic E-state index is 11.7. The first-order valence-corrected chi connectivity index (χ1v) is 5.98. The van der Waals surface area contributed by atoms with E-state index in [4.69, 9.17) is 9.47 Å². The molecule has 0 aliphatic carbocycles. The Morgan fingerprint density at radius 1 is 1.53 bits per heavy atom. The molecule has 1 aliphatic rings. The van der Waals surface area contributed by atoms with Gasteiger partial charge in [-0.05, 0) is 26.8 Å². The van der Waals surface area contributed by atoms with Crippen molar-refractivity contribution in [3.05, 3.63) is 23.5 Å². The average Bonchev–Trinajstić information content (AvgIpc) is 2.46. The summed E-state index contributed by atoms with van der Waals surface area (Å²) in [7, 11) is 1.52. The van der Waals surface area contributed by atoms with Gasteiger partial charge in [-0.25, -0.2) is 0 Å². The first-order chi connectivity index (χ1) is 7.90. The Morgan fingerprint density at radius 2 is 2.18 bits per heavy atom. The Hall–Kier alpha value is -1.07. The Labute approximate surface area is 105 Å². The highest BCUT2D eigenvalue weighted by Crippen LogP contribution is 2.45. The fraction of sp³-hybridized carbons (Fsp3) is 0.500. The van der Waals surface area contributed by atoms with E-state index in [0.29, 0.717) is 11.3 Å². The van der Waals surface area contributed by atoms with E-state index >= 15 is 0 Å². The third-order valence-corrected chi connectivity index (χ3v) is 3.60. The standard InChI is InChI=1S/C12H16O4S/c1-8(13)5-6-12(3)10(16-7-15-4)9(2)11(14)17-12/h5-6H,7H2,1-4H3/b6-5+. The predicted molar refractivity (Wildman–Crippen MR) is 66.5 cm³/mol. The number of carbonyl (C=O) groups is 2. The number of allylic oxidation sites excluding steroid dienone is 1. The summed E-state index contributed by atoms with van der Waals surface area (Å²) in [6, 6.07) is 0. The average molecular weight is 256 g/mol.